The summed E-state index contributed by atoms with van der Waals surface area (Å²) < 4.78 is 10.3. The monoisotopic (exact) mass is 351 g/mol. The lowest BCUT2D eigenvalue weighted by molar-refractivity contribution is 0.0977. The van der Waals surface area contributed by atoms with Crippen LogP contribution in [0.1, 0.15) is 10.4 Å². The molecule has 0 saturated carbocycles. The van der Waals surface area contributed by atoms with Gasteiger partial charge in [-0.15, -0.1) is 0 Å². The van der Waals surface area contributed by atoms with Crippen molar-refractivity contribution in [2.45, 2.75) is 0 Å². The minimum absolute atomic E-state index is 0.111. The van der Waals surface area contributed by atoms with Crippen molar-refractivity contribution in [3.05, 3.63) is 47.2 Å². The molecule has 0 unspecified atom stereocenters. The number of amides is 1. The molecule has 2 N–H and O–H groups in total. The van der Waals surface area contributed by atoms with E-state index in [1.807, 2.05) is 0 Å². The molecule has 0 saturated heterocycles. The fourth-order valence-corrected chi connectivity index (χ4v) is 2.15. The number of pyridine rings is 1. The van der Waals surface area contributed by atoms with Gasteiger partial charge in [0.05, 0.1) is 19.9 Å². The second-order valence-corrected chi connectivity index (χ2v) is 5.09. The van der Waals surface area contributed by atoms with Crippen molar-refractivity contribution in [3.63, 3.8) is 0 Å². The number of nitrogens with zero attached hydrogens (tertiary/aromatic N) is 1. The second kappa shape index (κ2) is 7.75. The number of carbonyl (C=O) groups is 1. The Balaban J connectivity index is 2.07. The van der Waals surface area contributed by atoms with E-state index < -0.39 is 0 Å². The summed E-state index contributed by atoms with van der Waals surface area (Å²) in [5.41, 5.74) is 0.885. The van der Waals surface area contributed by atoms with Gasteiger partial charge in [-0.2, -0.15) is 0 Å². The van der Waals surface area contributed by atoms with Gasteiger partial charge in [0.2, 0.25) is 0 Å². The predicted octanol–water partition coefficient (Wildman–Crippen LogP) is 2.88. The zero-order chi connectivity index (χ0) is 16.8. The number of aromatic nitrogens is 1. The van der Waals surface area contributed by atoms with Gasteiger partial charge in [-0.25, -0.2) is 4.98 Å². The van der Waals surface area contributed by atoms with Gasteiger partial charge in [-0.05, 0) is 42.5 Å². The average Bonchev–Trinajstić information content (AvgIpc) is 2.56. The first kappa shape index (κ1) is 17.0. The van der Waals surface area contributed by atoms with Crippen LogP contribution in [0.25, 0.3) is 0 Å². The van der Waals surface area contributed by atoms with Crippen molar-refractivity contribution in [2.75, 3.05) is 19.5 Å². The normalized spacial score (nSPS) is 9.87. The van der Waals surface area contributed by atoms with Crippen molar-refractivity contribution >= 4 is 40.5 Å². The molecule has 0 bridgehead atoms. The molecular formula is C15H14ClN3O3S. The third-order valence-electron chi connectivity index (χ3n) is 2.88. The lowest BCUT2D eigenvalue weighted by Crippen LogP contribution is -2.34. The summed E-state index contributed by atoms with van der Waals surface area (Å²) in [4.78, 5) is 16.1. The fraction of sp³-hybridized carbons (Fsp3) is 0.133. The highest BCUT2D eigenvalue weighted by Crippen LogP contribution is 2.27. The van der Waals surface area contributed by atoms with Gasteiger partial charge < -0.3 is 14.8 Å². The van der Waals surface area contributed by atoms with Crippen molar-refractivity contribution in [2.24, 2.45) is 0 Å². The Labute approximate surface area is 143 Å². The maximum Gasteiger partial charge on any atom is 0.257 e. The smallest absolute Gasteiger partial charge is 0.257 e. The van der Waals surface area contributed by atoms with Gasteiger partial charge in [0, 0.05) is 11.8 Å². The minimum Gasteiger partial charge on any atom is -0.493 e. The van der Waals surface area contributed by atoms with Gasteiger partial charge in [0.1, 0.15) is 0 Å². The maximum absolute atomic E-state index is 12.2. The van der Waals surface area contributed by atoms with Gasteiger partial charge in [0.25, 0.3) is 5.91 Å². The number of rotatable bonds is 4. The molecule has 0 aliphatic rings. The number of anilines is 1. The summed E-state index contributed by atoms with van der Waals surface area (Å²) >= 11 is 11.0. The topological polar surface area (TPSA) is 72.5 Å². The molecule has 1 heterocycles. The van der Waals surface area contributed by atoms with Crippen LogP contribution in [-0.2, 0) is 0 Å². The number of nitrogens with one attached hydrogen (secondary N) is 2. The Hall–Kier alpha value is -2.38. The van der Waals surface area contributed by atoms with E-state index in [0.29, 0.717) is 22.7 Å². The van der Waals surface area contributed by atoms with E-state index in [0.717, 1.165) is 0 Å². The standard InChI is InChI=1S/C15H14ClN3O3S/c1-21-11-6-5-9(8-12(11)22-2)14(20)19-15(23)18-10-4-3-7-17-13(10)16/h3-8H,1-2H3,(H2,18,19,20,23). The first-order chi connectivity index (χ1) is 11.0. The van der Waals surface area contributed by atoms with Crippen molar-refractivity contribution in [3.8, 4) is 11.5 Å². The third-order valence-corrected chi connectivity index (χ3v) is 3.39. The Bertz CT molecular complexity index is 740. The quantitative estimate of drug-likeness (QED) is 0.652. The van der Waals surface area contributed by atoms with E-state index in [9.17, 15) is 4.79 Å². The van der Waals surface area contributed by atoms with Gasteiger partial charge >= 0.3 is 0 Å². The van der Waals surface area contributed by atoms with Gasteiger partial charge in [-0.3, -0.25) is 10.1 Å². The Morgan fingerprint density at radius 3 is 2.61 bits per heavy atom. The molecular weight excluding hydrogens is 338 g/mol. The molecule has 2 aromatic rings. The van der Waals surface area contributed by atoms with Crippen molar-refractivity contribution < 1.29 is 14.3 Å². The van der Waals surface area contributed by atoms with Crippen molar-refractivity contribution in [1.82, 2.24) is 10.3 Å². The molecule has 1 aromatic heterocycles. The van der Waals surface area contributed by atoms with Gasteiger partial charge in [0.15, 0.2) is 21.8 Å². The number of thiocarbonyl (C=S) groups is 1. The lowest BCUT2D eigenvalue weighted by atomic mass is 10.2. The summed E-state index contributed by atoms with van der Waals surface area (Å²) in [6.07, 6.45) is 1.55. The zero-order valence-corrected chi connectivity index (χ0v) is 14.0. The highest BCUT2D eigenvalue weighted by atomic mass is 35.5. The molecule has 1 aromatic carbocycles. The average molecular weight is 352 g/mol. The van der Waals surface area contributed by atoms with Crippen LogP contribution in [0.15, 0.2) is 36.5 Å². The molecule has 2 rings (SSSR count). The Morgan fingerprint density at radius 2 is 1.96 bits per heavy atom. The molecule has 120 valence electrons. The third kappa shape index (κ3) is 4.30. The van der Waals surface area contributed by atoms with Crippen molar-refractivity contribution in [1.29, 1.82) is 0 Å². The molecule has 6 nitrogen and oxygen atoms in total. The molecule has 8 heteroatoms. The summed E-state index contributed by atoms with van der Waals surface area (Å²) in [6, 6.07) is 8.21. The van der Waals surface area contributed by atoms with Crippen LogP contribution in [0.4, 0.5) is 5.69 Å². The molecule has 0 aliphatic carbocycles. The molecule has 0 atom stereocenters. The van der Waals surface area contributed by atoms with Gasteiger partial charge in [-0.1, -0.05) is 11.6 Å². The van der Waals surface area contributed by atoms with E-state index in [1.165, 1.54) is 14.2 Å². The number of methoxy groups -OCH3 is 2. The Morgan fingerprint density at radius 1 is 1.22 bits per heavy atom. The number of ether oxygens (including phenoxy) is 2. The summed E-state index contributed by atoms with van der Waals surface area (Å²) in [5, 5.41) is 5.74. The summed E-state index contributed by atoms with van der Waals surface area (Å²) in [6.45, 7) is 0. The van der Waals surface area contributed by atoms with Crippen LogP contribution >= 0.6 is 23.8 Å². The first-order valence-electron chi connectivity index (χ1n) is 6.50. The highest BCUT2D eigenvalue weighted by molar-refractivity contribution is 7.80. The van der Waals surface area contributed by atoms with Crippen LogP contribution in [0.2, 0.25) is 5.15 Å². The lowest BCUT2D eigenvalue weighted by Gasteiger charge is -2.12. The molecule has 0 radical (unpaired) electrons. The maximum atomic E-state index is 12.2. The van der Waals surface area contributed by atoms with E-state index in [1.54, 1.807) is 36.5 Å². The van der Waals surface area contributed by atoms with E-state index >= 15 is 0 Å². The zero-order valence-electron chi connectivity index (χ0n) is 12.4. The van der Waals surface area contributed by atoms with E-state index in [-0.39, 0.29) is 16.2 Å². The fourth-order valence-electron chi connectivity index (χ4n) is 1.79. The summed E-state index contributed by atoms with van der Waals surface area (Å²) in [5.74, 6) is 0.602. The van der Waals surface area contributed by atoms with Crippen LogP contribution < -0.4 is 20.1 Å². The largest absolute Gasteiger partial charge is 0.493 e. The molecule has 23 heavy (non-hydrogen) atoms. The Kier molecular flexibility index (Phi) is 5.72. The highest BCUT2D eigenvalue weighted by Gasteiger charge is 2.12. The summed E-state index contributed by atoms with van der Waals surface area (Å²) in [7, 11) is 3.02. The van der Waals surface area contributed by atoms with E-state index in [2.05, 4.69) is 15.6 Å². The second-order valence-electron chi connectivity index (χ2n) is 4.32. The van der Waals surface area contributed by atoms with E-state index in [4.69, 9.17) is 33.3 Å². The predicted molar refractivity (Wildman–Crippen MR) is 92.5 cm³/mol. The minimum atomic E-state index is -0.386. The van der Waals surface area contributed by atoms with Crippen LogP contribution in [0.5, 0.6) is 11.5 Å². The SMILES string of the molecule is COc1ccc(C(=O)NC(=S)Nc2cccnc2Cl)cc1OC. The van der Waals surface area contributed by atoms with Crippen LogP contribution in [-0.4, -0.2) is 30.2 Å². The number of benzene rings is 1. The first-order valence-corrected chi connectivity index (χ1v) is 7.28. The number of carbonyl (C=O) groups excluding carboxylic acids is 1. The number of halogens is 1. The molecule has 1 amide bonds. The van der Waals surface area contributed by atoms with Crippen LogP contribution in [0, 0.1) is 0 Å². The number of hydrogen-bond acceptors (Lipinski definition) is 5. The molecule has 0 aliphatic heterocycles. The molecule has 0 fully saturated rings. The number of hydrogen-bond donors (Lipinski definition) is 2. The van der Waals surface area contributed by atoms with Crippen LogP contribution in [0.3, 0.4) is 0 Å². The molecule has 0 spiro atoms.